The third-order valence-corrected chi connectivity index (χ3v) is 29.3. The molecule has 0 atom stereocenters. The average molecular weight is 731 g/mol. The molecule has 1 rings (SSSR count). The van der Waals surface area contributed by atoms with Crippen molar-refractivity contribution in [3.8, 4) is 0 Å². The molecule has 1 saturated heterocycles. The fraction of sp³-hybridized carbons (Fsp3) is 1.00. The lowest BCUT2D eigenvalue weighted by Gasteiger charge is -2.51. The van der Waals surface area contributed by atoms with Gasteiger partial charge < -0.3 is 42.7 Å². The van der Waals surface area contributed by atoms with Crippen LogP contribution in [0.3, 0.4) is 0 Å². The summed E-state index contributed by atoms with van der Waals surface area (Å²) in [6.07, 6.45) is 0. The van der Waals surface area contributed by atoms with E-state index in [0.29, 0.717) is 63.3 Å². The van der Waals surface area contributed by atoms with E-state index in [1.165, 1.54) is 0 Å². The van der Waals surface area contributed by atoms with Gasteiger partial charge in [-0.05, 0) is 64.2 Å². The molecule has 270 valence electrons. The van der Waals surface area contributed by atoms with E-state index >= 15 is 0 Å². The molecule has 0 aromatic heterocycles. The number of rotatable bonds is 20. The Morgan fingerprint density at radius 2 is 0.444 bits per heavy atom. The van der Waals surface area contributed by atoms with Crippen molar-refractivity contribution < 1.29 is 42.7 Å². The quantitative estimate of drug-likeness (QED) is 0.114. The van der Waals surface area contributed by atoms with Crippen molar-refractivity contribution in [1.29, 1.82) is 0 Å². The maximum Gasteiger partial charge on any atom is 0.486 e. The summed E-state index contributed by atoms with van der Waals surface area (Å²) in [5.41, 5.74) is 0. The minimum Gasteiger partial charge on any atom is -0.375 e. The summed E-state index contributed by atoms with van der Waals surface area (Å²) >= 11 is 0. The summed E-state index contributed by atoms with van der Waals surface area (Å²) in [5.74, 6) is 1.02. The molecule has 0 saturated carbocycles. The fourth-order valence-corrected chi connectivity index (χ4v) is 31.6. The van der Waals surface area contributed by atoms with Crippen molar-refractivity contribution in [2.75, 3.05) is 33.0 Å². The van der Waals surface area contributed by atoms with Crippen molar-refractivity contribution in [3.63, 3.8) is 0 Å². The lowest BCUT2D eigenvalue weighted by molar-refractivity contribution is 0.0141. The molecule has 0 amide bonds. The third-order valence-electron chi connectivity index (χ3n) is 6.67. The molecule has 0 aliphatic carbocycles. The van der Waals surface area contributed by atoms with Crippen molar-refractivity contribution in [1.82, 2.24) is 0 Å². The van der Waals surface area contributed by atoms with E-state index < -0.39 is 44.0 Å². The fourth-order valence-electron chi connectivity index (χ4n) is 5.89. The Balaban J connectivity index is 4.44. The van der Waals surface area contributed by atoms with Gasteiger partial charge in [0.25, 0.3) is 0 Å². The maximum absolute atomic E-state index is 7.39. The molecule has 0 radical (unpaired) electrons. The Bertz CT molecular complexity index is 657. The van der Waals surface area contributed by atoms with Crippen LogP contribution in [0.2, 0.25) is 30.2 Å². The predicted octanol–water partition coefficient (Wildman–Crippen LogP) is 8.24. The highest BCUT2D eigenvalue weighted by atomic mass is 28.6. The summed E-state index contributed by atoms with van der Waals surface area (Å²) in [6, 6.07) is 2.82. The highest BCUT2D eigenvalue weighted by Gasteiger charge is 2.68. The van der Waals surface area contributed by atoms with E-state index in [2.05, 4.69) is 69.2 Å². The first-order valence-electron chi connectivity index (χ1n) is 17.6. The van der Waals surface area contributed by atoms with Crippen LogP contribution in [0.15, 0.2) is 0 Å². The molecule has 45 heavy (non-hydrogen) atoms. The van der Waals surface area contributed by atoms with E-state index in [1.807, 2.05) is 34.6 Å². The SMILES string of the molecule is CCO[Si]1(CC(C)C)O[Si](CC(C)C)(OCC)O[Si](CC(C)C)(OCC)O[Si](CC(C)C)(OCC)O[Si](CC(C)C)(OCC)O1. The predicted molar refractivity (Wildman–Crippen MR) is 191 cm³/mol. The van der Waals surface area contributed by atoms with E-state index in [0.717, 1.165) is 0 Å². The first-order valence-corrected chi connectivity index (χ1v) is 27.3. The van der Waals surface area contributed by atoms with Gasteiger partial charge in [0.05, 0.1) is 0 Å². The summed E-state index contributed by atoms with van der Waals surface area (Å²) in [5, 5.41) is 0. The average Bonchev–Trinajstić information content (AvgIpc) is 2.81. The summed E-state index contributed by atoms with van der Waals surface area (Å²) in [7, 11) is -18.1. The lowest BCUT2D eigenvalue weighted by Crippen LogP contribution is -2.74. The maximum atomic E-state index is 7.39. The second-order valence-corrected chi connectivity index (χ2v) is 28.5. The highest BCUT2D eigenvalue weighted by molar-refractivity contribution is 6.89. The van der Waals surface area contributed by atoms with Crippen LogP contribution in [-0.4, -0.2) is 77.1 Å². The van der Waals surface area contributed by atoms with E-state index in [4.69, 9.17) is 42.7 Å². The largest absolute Gasteiger partial charge is 0.486 e. The van der Waals surface area contributed by atoms with Gasteiger partial charge in [0.1, 0.15) is 0 Å². The van der Waals surface area contributed by atoms with Gasteiger partial charge in [0.15, 0.2) is 0 Å². The zero-order valence-corrected chi connectivity index (χ0v) is 36.5. The van der Waals surface area contributed by atoms with Crippen LogP contribution in [0, 0.1) is 29.6 Å². The molecule has 0 aromatic rings. The second-order valence-electron chi connectivity index (χ2n) is 14.1. The normalized spacial score (nSPS) is 32.0. The molecule has 0 unspecified atom stereocenters. The molecule has 0 N–H and O–H groups in total. The van der Waals surface area contributed by atoms with Gasteiger partial charge in [0, 0.05) is 63.3 Å². The zero-order valence-electron chi connectivity index (χ0n) is 31.5. The molecular weight excluding hydrogens is 661 g/mol. The van der Waals surface area contributed by atoms with Crippen molar-refractivity contribution in [2.45, 2.75) is 134 Å². The van der Waals surface area contributed by atoms with Gasteiger partial charge >= 0.3 is 44.0 Å². The van der Waals surface area contributed by atoms with Gasteiger partial charge in [-0.2, -0.15) is 0 Å². The highest BCUT2D eigenvalue weighted by Crippen LogP contribution is 2.43. The Morgan fingerprint density at radius 3 is 0.533 bits per heavy atom. The Morgan fingerprint density at radius 1 is 0.311 bits per heavy atom. The van der Waals surface area contributed by atoms with Gasteiger partial charge in [0.2, 0.25) is 0 Å². The standard InChI is InChI=1S/C30H70O10Si5/c1-16-31-41(21-26(6)7)36-42(32-17-2,22-27(8)9)38-44(34-19-4,24-29(12)13)40-45(35-20-5,25-30(14)15)39-43(37-41,33-18-3)23-28(10)11/h26-30H,16-25H2,1-15H3. The van der Waals surface area contributed by atoms with Crippen LogP contribution >= 0.6 is 0 Å². The smallest absolute Gasteiger partial charge is 0.375 e. The number of hydrogen-bond donors (Lipinski definition) is 0. The van der Waals surface area contributed by atoms with E-state index in [-0.39, 0.29) is 29.6 Å². The monoisotopic (exact) mass is 730 g/mol. The zero-order chi connectivity index (χ0) is 34.5. The molecule has 1 fully saturated rings. The van der Waals surface area contributed by atoms with Crippen LogP contribution in [0.5, 0.6) is 0 Å². The molecule has 15 heteroatoms. The van der Waals surface area contributed by atoms with Gasteiger partial charge in [-0.3, -0.25) is 0 Å². The van der Waals surface area contributed by atoms with E-state index in [9.17, 15) is 0 Å². The molecule has 0 aromatic carbocycles. The Labute approximate surface area is 282 Å². The molecule has 1 aliphatic rings. The minimum absolute atomic E-state index is 0.205. The van der Waals surface area contributed by atoms with Crippen molar-refractivity contribution >= 4 is 44.0 Å². The molecule has 10 nitrogen and oxygen atoms in total. The second kappa shape index (κ2) is 19.8. The third kappa shape index (κ3) is 14.2. The van der Waals surface area contributed by atoms with Crippen molar-refractivity contribution in [3.05, 3.63) is 0 Å². The van der Waals surface area contributed by atoms with E-state index in [1.54, 1.807) is 0 Å². The minimum atomic E-state index is -3.61. The van der Waals surface area contributed by atoms with Gasteiger partial charge in [-0.25, -0.2) is 0 Å². The summed E-state index contributed by atoms with van der Waals surface area (Å²) < 4.78 is 70.7. The van der Waals surface area contributed by atoms with Crippen LogP contribution in [0.25, 0.3) is 0 Å². The van der Waals surface area contributed by atoms with Crippen LogP contribution < -0.4 is 0 Å². The number of hydrogen-bond acceptors (Lipinski definition) is 10. The first kappa shape index (κ1) is 43.7. The molecule has 0 spiro atoms. The lowest BCUT2D eigenvalue weighted by atomic mass is 10.3. The topological polar surface area (TPSA) is 92.3 Å². The van der Waals surface area contributed by atoms with Crippen LogP contribution in [0.1, 0.15) is 104 Å². The van der Waals surface area contributed by atoms with Crippen LogP contribution in [0.4, 0.5) is 0 Å². The Kier molecular flexibility index (Phi) is 19.2. The first-order chi connectivity index (χ1) is 20.9. The summed E-state index contributed by atoms with van der Waals surface area (Å²) in [4.78, 5) is 0. The van der Waals surface area contributed by atoms with Gasteiger partial charge in [-0.1, -0.05) is 69.2 Å². The molecule has 1 heterocycles. The summed E-state index contributed by atoms with van der Waals surface area (Å²) in [6.45, 7) is 33.6. The molecule has 0 bridgehead atoms. The van der Waals surface area contributed by atoms with Gasteiger partial charge in [-0.15, -0.1) is 0 Å². The molecule has 1 aliphatic heterocycles. The molecular formula is C30H70O10Si5. The van der Waals surface area contributed by atoms with Crippen molar-refractivity contribution in [2.24, 2.45) is 29.6 Å². The van der Waals surface area contributed by atoms with Crippen LogP contribution in [-0.2, 0) is 42.7 Å². The Hall–Kier alpha value is 0.684.